The van der Waals surface area contributed by atoms with Crippen LogP contribution in [0, 0.1) is 11.7 Å². The standard InChI is InChI=1S/C15H21FO.C9H12O/c1-12-5-4-9-15(17,10-8-12)11-13-6-2-3-7-14(13)16;1-2-8-10-9-6-4-3-5-7-9/h2-3,6-7,12,17H,4-5,8-11H2,1H3;3-7H,2,8H2,1H3. The summed E-state index contributed by atoms with van der Waals surface area (Å²) in [5.74, 6) is 1.45. The van der Waals surface area contributed by atoms with Gasteiger partial charge in [0.25, 0.3) is 0 Å². The first-order valence-corrected chi connectivity index (χ1v) is 10.2. The van der Waals surface area contributed by atoms with Crippen molar-refractivity contribution >= 4 is 0 Å². The van der Waals surface area contributed by atoms with Gasteiger partial charge in [-0.3, -0.25) is 0 Å². The van der Waals surface area contributed by atoms with Crippen LogP contribution in [0.4, 0.5) is 4.39 Å². The summed E-state index contributed by atoms with van der Waals surface area (Å²) in [6.07, 6.45) is 6.38. The van der Waals surface area contributed by atoms with Gasteiger partial charge in [0.15, 0.2) is 0 Å². The van der Waals surface area contributed by atoms with Gasteiger partial charge in [-0.1, -0.05) is 63.1 Å². The molecule has 2 nitrogen and oxygen atoms in total. The maximum absolute atomic E-state index is 13.6. The summed E-state index contributed by atoms with van der Waals surface area (Å²) in [5.41, 5.74) is -0.0583. The molecule has 2 aromatic rings. The largest absolute Gasteiger partial charge is 0.494 e. The van der Waals surface area contributed by atoms with Crippen LogP contribution in [0.3, 0.4) is 0 Å². The van der Waals surface area contributed by atoms with Gasteiger partial charge in [-0.25, -0.2) is 4.39 Å². The lowest BCUT2D eigenvalue weighted by molar-refractivity contribution is 0.0236. The van der Waals surface area contributed by atoms with Crippen LogP contribution in [0.1, 0.15) is 57.9 Å². The van der Waals surface area contributed by atoms with E-state index in [1.54, 1.807) is 12.1 Å². The van der Waals surface area contributed by atoms with Crippen molar-refractivity contribution in [2.24, 2.45) is 5.92 Å². The molecule has 0 saturated heterocycles. The maximum atomic E-state index is 13.6. The zero-order valence-electron chi connectivity index (χ0n) is 16.7. The SMILES string of the molecule is CC1CCCC(O)(Cc2ccccc2F)CC1.CCCOc1ccccc1. The molecule has 1 fully saturated rings. The van der Waals surface area contributed by atoms with Crippen LogP contribution < -0.4 is 4.74 Å². The van der Waals surface area contributed by atoms with Crippen molar-refractivity contribution in [2.45, 2.75) is 64.4 Å². The highest BCUT2D eigenvalue weighted by Crippen LogP contribution is 2.33. The fourth-order valence-corrected chi connectivity index (χ4v) is 3.47. The van der Waals surface area contributed by atoms with Crippen LogP contribution in [0.2, 0.25) is 0 Å². The van der Waals surface area contributed by atoms with E-state index in [-0.39, 0.29) is 5.82 Å². The number of rotatable bonds is 5. The molecule has 0 radical (unpaired) electrons. The minimum absolute atomic E-state index is 0.196. The highest BCUT2D eigenvalue weighted by Gasteiger charge is 2.30. The molecular formula is C24H33FO2. The first-order chi connectivity index (χ1) is 13.0. The van der Waals surface area contributed by atoms with Gasteiger partial charge in [-0.05, 0) is 55.4 Å². The number of para-hydroxylation sites is 1. The van der Waals surface area contributed by atoms with Crippen LogP contribution >= 0.6 is 0 Å². The van der Waals surface area contributed by atoms with Gasteiger partial charge in [0, 0.05) is 6.42 Å². The van der Waals surface area contributed by atoms with Gasteiger partial charge in [-0.2, -0.15) is 0 Å². The lowest BCUT2D eigenvalue weighted by atomic mass is 9.87. The summed E-state index contributed by atoms with van der Waals surface area (Å²) in [6.45, 7) is 5.14. The van der Waals surface area contributed by atoms with Crippen molar-refractivity contribution in [3.05, 3.63) is 66.0 Å². The van der Waals surface area contributed by atoms with Gasteiger partial charge in [0.05, 0.1) is 12.2 Å². The number of hydrogen-bond donors (Lipinski definition) is 1. The van der Waals surface area contributed by atoms with E-state index in [1.807, 2.05) is 36.4 Å². The van der Waals surface area contributed by atoms with Gasteiger partial charge < -0.3 is 9.84 Å². The molecule has 1 aliphatic rings. The summed E-state index contributed by atoms with van der Waals surface area (Å²) in [7, 11) is 0. The Morgan fingerprint density at radius 1 is 1.04 bits per heavy atom. The van der Waals surface area contributed by atoms with E-state index in [4.69, 9.17) is 4.74 Å². The van der Waals surface area contributed by atoms with Crippen molar-refractivity contribution in [2.75, 3.05) is 6.61 Å². The maximum Gasteiger partial charge on any atom is 0.126 e. The first kappa shape index (κ1) is 21.4. The van der Waals surface area contributed by atoms with Crippen molar-refractivity contribution in [3.8, 4) is 5.75 Å². The monoisotopic (exact) mass is 372 g/mol. The van der Waals surface area contributed by atoms with E-state index in [1.165, 1.54) is 12.5 Å². The Morgan fingerprint density at radius 3 is 2.44 bits per heavy atom. The summed E-state index contributed by atoms with van der Waals surface area (Å²) in [6, 6.07) is 16.7. The summed E-state index contributed by atoms with van der Waals surface area (Å²) >= 11 is 0. The van der Waals surface area contributed by atoms with Gasteiger partial charge in [0.2, 0.25) is 0 Å². The van der Waals surface area contributed by atoms with E-state index in [0.29, 0.717) is 17.9 Å². The predicted molar refractivity (Wildman–Crippen MR) is 110 cm³/mol. The third-order valence-corrected chi connectivity index (χ3v) is 5.13. The molecule has 148 valence electrons. The van der Waals surface area contributed by atoms with Gasteiger partial charge in [-0.15, -0.1) is 0 Å². The molecule has 2 atom stereocenters. The second-order valence-electron chi connectivity index (χ2n) is 7.69. The van der Waals surface area contributed by atoms with Gasteiger partial charge in [0.1, 0.15) is 11.6 Å². The highest BCUT2D eigenvalue weighted by atomic mass is 19.1. The van der Waals surface area contributed by atoms with E-state index in [2.05, 4.69) is 13.8 Å². The molecular weight excluding hydrogens is 339 g/mol. The summed E-state index contributed by atoms with van der Waals surface area (Å²) < 4.78 is 18.9. The third kappa shape index (κ3) is 7.72. The van der Waals surface area contributed by atoms with Gasteiger partial charge >= 0.3 is 0 Å². The molecule has 0 aromatic heterocycles. The Bertz CT molecular complexity index is 658. The van der Waals surface area contributed by atoms with Crippen molar-refractivity contribution in [1.82, 2.24) is 0 Å². The van der Waals surface area contributed by atoms with E-state index >= 15 is 0 Å². The average Bonchev–Trinajstić information content (AvgIpc) is 2.84. The Labute approximate surface area is 163 Å². The smallest absolute Gasteiger partial charge is 0.126 e. The fourth-order valence-electron chi connectivity index (χ4n) is 3.47. The Morgan fingerprint density at radius 2 is 1.74 bits per heavy atom. The summed E-state index contributed by atoms with van der Waals surface area (Å²) in [4.78, 5) is 0. The van der Waals surface area contributed by atoms with Crippen LogP contribution in [-0.4, -0.2) is 17.3 Å². The molecule has 1 saturated carbocycles. The molecule has 27 heavy (non-hydrogen) atoms. The lowest BCUT2D eigenvalue weighted by Crippen LogP contribution is -2.31. The number of ether oxygens (including phenoxy) is 1. The lowest BCUT2D eigenvalue weighted by Gasteiger charge is -2.27. The minimum atomic E-state index is -0.701. The van der Waals surface area contributed by atoms with Crippen molar-refractivity contribution in [3.63, 3.8) is 0 Å². The number of halogens is 1. The molecule has 0 heterocycles. The van der Waals surface area contributed by atoms with Crippen LogP contribution in [0.5, 0.6) is 5.75 Å². The molecule has 0 bridgehead atoms. The first-order valence-electron chi connectivity index (χ1n) is 10.2. The molecule has 0 aliphatic heterocycles. The molecule has 2 unspecified atom stereocenters. The highest BCUT2D eigenvalue weighted by molar-refractivity contribution is 5.21. The molecule has 1 N–H and O–H groups in total. The number of benzene rings is 2. The topological polar surface area (TPSA) is 29.5 Å². The van der Waals surface area contributed by atoms with Crippen LogP contribution in [-0.2, 0) is 6.42 Å². The molecule has 2 aromatic carbocycles. The second kappa shape index (κ2) is 11.1. The van der Waals surface area contributed by atoms with E-state index in [9.17, 15) is 9.50 Å². The van der Waals surface area contributed by atoms with E-state index in [0.717, 1.165) is 44.5 Å². The zero-order valence-corrected chi connectivity index (χ0v) is 16.7. The number of aliphatic hydroxyl groups is 1. The molecule has 3 heteroatoms. The molecule has 1 aliphatic carbocycles. The fraction of sp³-hybridized carbons (Fsp3) is 0.500. The Balaban J connectivity index is 0.000000223. The predicted octanol–water partition coefficient (Wildman–Crippen LogP) is 6.17. The minimum Gasteiger partial charge on any atom is -0.494 e. The van der Waals surface area contributed by atoms with Crippen LogP contribution in [0.25, 0.3) is 0 Å². The van der Waals surface area contributed by atoms with Crippen molar-refractivity contribution < 1.29 is 14.2 Å². The molecule has 3 rings (SSSR count). The van der Waals surface area contributed by atoms with E-state index < -0.39 is 5.60 Å². The number of hydrogen-bond acceptors (Lipinski definition) is 2. The summed E-state index contributed by atoms with van der Waals surface area (Å²) in [5, 5.41) is 10.6. The van der Waals surface area contributed by atoms with Crippen LogP contribution in [0.15, 0.2) is 54.6 Å². The zero-order chi connectivity index (χ0) is 19.5. The Hall–Kier alpha value is -1.87. The average molecular weight is 373 g/mol. The van der Waals surface area contributed by atoms with Crippen molar-refractivity contribution in [1.29, 1.82) is 0 Å². The Kier molecular flexibility index (Phi) is 8.80. The second-order valence-corrected chi connectivity index (χ2v) is 7.69. The molecule has 0 spiro atoms. The normalized spacial score (nSPS) is 22.3. The third-order valence-electron chi connectivity index (χ3n) is 5.13. The molecule has 0 amide bonds. The quantitative estimate of drug-likeness (QED) is 0.636.